The molecule has 110 valence electrons. The molecule has 1 fully saturated rings. The van der Waals surface area contributed by atoms with Crippen LogP contribution in [0.3, 0.4) is 0 Å². The van der Waals surface area contributed by atoms with E-state index in [-0.39, 0.29) is 12.0 Å². The zero-order valence-electron chi connectivity index (χ0n) is 11.9. The van der Waals surface area contributed by atoms with Gasteiger partial charge in [-0.05, 0) is 36.8 Å². The molecule has 2 aliphatic heterocycles. The number of carbonyl (C=O) groups is 1. The lowest BCUT2D eigenvalue weighted by atomic mass is 9.95. The van der Waals surface area contributed by atoms with Gasteiger partial charge in [0.2, 0.25) is 5.60 Å². The van der Waals surface area contributed by atoms with E-state index >= 15 is 0 Å². The number of epoxide rings is 1. The minimum absolute atomic E-state index is 0.142. The van der Waals surface area contributed by atoms with Crippen molar-refractivity contribution in [3.8, 4) is 0 Å². The summed E-state index contributed by atoms with van der Waals surface area (Å²) in [5.74, 6) is -0.142. The van der Waals surface area contributed by atoms with E-state index in [1.54, 1.807) is 12.1 Å². The highest BCUT2D eigenvalue weighted by molar-refractivity contribution is 6.30. The molecule has 2 atom stereocenters. The Morgan fingerprint density at radius 1 is 1.14 bits per heavy atom. The van der Waals surface area contributed by atoms with Gasteiger partial charge in [-0.15, -0.1) is 0 Å². The molecule has 0 saturated carbocycles. The monoisotopic (exact) mass is 312 g/mol. The van der Waals surface area contributed by atoms with Crippen LogP contribution in [0.2, 0.25) is 5.02 Å². The number of hydrogen-bond donors (Lipinski definition) is 0. The predicted octanol–water partition coefficient (Wildman–Crippen LogP) is 3.57. The summed E-state index contributed by atoms with van der Waals surface area (Å²) in [5, 5.41) is 6.48. The molecule has 0 radical (unpaired) electrons. The second-order valence-electron chi connectivity index (χ2n) is 5.42. The highest BCUT2D eigenvalue weighted by atomic mass is 35.5. The maximum atomic E-state index is 12.8. The average molecular weight is 313 g/mol. The maximum Gasteiger partial charge on any atom is 0.288 e. The summed E-state index contributed by atoms with van der Waals surface area (Å²) in [6.07, 6.45) is -0.297. The van der Waals surface area contributed by atoms with Crippen LogP contribution in [-0.4, -0.2) is 17.2 Å². The smallest absolute Gasteiger partial charge is 0.288 e. The van der Waals surface area contributed by atoms with Crippen LogP contribution in [0.25, 0.3) is 0 Å². The fourth-order valence-electron chi connectivity index (χ4n) is 2.86. The lowest BCUT2D eigenvalue weighted by molar-refractivity contribution is -0.120. The van der Waals surface area contributed by atoms with Crippen LogP contribution in [-0.2, 0) is 9.53 Å². The Morgan fingerprint density at radius 3 is 2.50 bits per heavy atom. The standard InChI is InChI=1S/C17H13ClN2O2/c1-11-17(15(22-17)12-7-9-13(18)10-8-12)16(21)20(19-11)14-5-3-2-4-6-14/h2-10,15H,1H3. The van der Waals surface area contributed by atoms with Crippen molar-refractivity contribution in [2.45, 2.75) is 18.6 Å². The number of nitrogens with zero attached hydrogens (tertiary/aromatic N) is 2. The van der Waals surface area contributed by atoms with Gasteiger partial charge in [0, 0.05) is 5.02 Å². The Kier molecular flexibility index (Phi) is 2.86. The predicted molar refractivity (Wildman–Crippen MR) is 85.0 cm³/mol. The summed E-state index contributed by atoms with van der Waals surface area (Å²) >= 11 is 5.91. The van der Waals surface area contributed by atoms with Crippen LogP contribution in [0.4, 0.5) is 5.69 Å². The molecule has 2 aliphatic rings. The van der Waals surface area contributed by atoms with Crippen molar-refractivity contribution in [2.75, 3.05) is 5.01 Å². The molecule has 4 rings (SSSR count). The molecule has 2 heterocycles. The highest BCUT2D eigenvalue weighted by Crippen LogP contribution is 2.54. The fourth-order valence-corrected chi connectivity index (χ4v) is 2.98. The van der Waals surface area contributed by atoms with E-state index in [0.29, 0.717) is 10.7 Å². The molecule has 1 saturated heterocycles. The van der Waals surface area contributed by atoms with E-state index in [9.17, 15) is 4.79 Å². The normalized spacial score (nSPS) is 26.5. The third kappa shape index (κ3) is 1.81. The summed E-state index contributed by atoms with van der Waals surface area (Å²) in [6, 6.07) is 16.7. The van der Waals surface area contributed by atoms with Gasteiger partial charge in [0.15, 0.2) is 0 Å². The van der Waals surface area contributed by atoms with E-state index in [2.05, 4.69) is 5.10 Å². The second kappa shape index (κ2) is 4.66. The van der Waals surface area contributed by atoms with Crippen LogP contribution in [0, 0.1) is 0 Å². The summed E-state index contributed by atoms with van der Waals surface area (Å²) in [5.41, 5.74) is 1.40. The van der Waals surface area contributed by atoms with Crippen LogP contribution in [0.5, 0.6) is 0 Å². The average Bonchev–Trinajstić information content (AvgIpc) is 3.25. The summed E-state index contributed by atoms with van der Waals surface area (Å²) in [7, 11) is 0. The molecule has 0 bridgehead atoms. The minimum Gasteiger partial charge on any atom is -0.344 e. The molecule has 2 aromatic rings. The molecule has 1 amide bonds. The number of ether oxygens (including phenoxy) is 1. The summed E-state index contributed by atoms with van der Waals surface area (Å²) in [4.78, 5) is 12.8. The van der Waals surface area contributed by atoms with Gasteiger partial charge in [0.25, 0.3) is 5.91 Å². The SMILES string of the molecule is CC1=NN(c2ccccc2)C(=O)C12OC2c1ccc(Cl)cc1. The van der Waals surface area contributed by atoms with Crippen LogP contribution < -0.4 is 5.01 Å². The van der Waals surface area contributed by atoms with Crippen molar-refractivity contribution in [1.29, 1.82) is 0 Å². The lowest BCUT2D eigenvalue weighted by Crippen LogP contribution is -2.35. The quantitative estimate of drug-likeness (QED) is 0.796. The van der Waals surface area contributed by atoms with E-state index in [4.69, 9.17) is 16.3 Å². The van der Waals surface area contributed by atoms with Crippen molar-refractivity contribution < 1.29 is 9.53 Å². The van der Waals surface area contributed by atoms with Crippen molar-refractivity contribution in [2.24, 2.45) is 5.10 Å². The topological polar surface area (TPSA) is 45.2 Å². The van der Waals surface area contributed by atoms with Crippen molar-refractivity contribution >= 4 is 28.9 Å². The van der Waals surface area contributed by atoms with Gasteiger partial charge < -0.3 is 4.74 Å². The molecule has 22 heavy (non-hydrogen) atoms. The van der Waals surface area contributed by atoms with Gasteiger partial charge in [-0.1, -0.05) is 41.9 Å². The first-order chi connectivity index (χ1) is 10.6. The van der Waals surface area contributed by atoms with Crippen LogP contribution in [0.15, 0.2) is 59.7 Å². The Bertz CT molecular complexity index is 773. The number of benzene rings is 2. The Morgan fingerprint density at radius 2 is 1.82 bits per heavy atom. The molecule has 4 nitrogen and oxygen atoms in total. The van der Waals surface area contributed by atoms with Gasteiger partial charge >= 0.3 is 0 Å². The van der Waals surface area contributed by atoms with Crippen molar-refractivity contribution in [3.63, 3.8) is 0 Å². The van der Waals surface area contributed by atoms with E-state index < -0.39 is 5.60 Å². The summed E-state index contributed by atoms with van der Waals surface area (Å²) < 4.78 is 5.80. The first-order valence-corrected chi connectivity index (χ1v) is 7.39. The van der Waals surface area contributed by atoms with Gasteiger partial charge in [0.1, 0.15) is 6.10 Å². The number of hydrazone groups is 1. The third-order valence-electron chi connectivity index (χ3n) is 4.09. The number of carbonyl (C=O) groups excluding carboxylic acids is 1. The third-order valence-corrected chi connectivity index (χ3v) is 4.34. The number of halogens is 1. The second-order valence-corrected chi connectivity index (χ2v) is 5.86. The first kappa shape index (κ1) is 13.5. The highest BCUT2D eigenvalue weighted by Gasteiger charge is 2.69. The largest absolute Gasteiger partial charge is 0.344 e. The van der Waals surface area contributed by atoms with Crippen molar-refractivity contribution in [3.05, 3.63) is 65.2 Å². The minimum atomic E-state index is -0.955. The first-order valence-electron chi connectivity index (χ1n) is 7.01. The van der Waals surface area contributed by atoms with Gasteiger partial charge in [0.05, 0.1) is 11.4 Å². The van der Waals surface area contributed by atoms with Crippen LogP contribution in [0.1, 0.15) is 18.6 Å². The molecule has 0 N–H and O–H groups in total. The van der Waals surface area contributed by atoms with Gasteiger partial charge in [-0.3, -0.25) is 4.79 Å². The zero-order valence-corrected chi connectivity index (χ0v) is 12.6. The Balaban J connectivity index is 1.67. The summed E-state index contributed by atoms with van der Waals surface area (Å²) in [6.45, 7) is 1.83. The number of rotatable bonds is 2. The molecule has 2 unspecified atom stereocenters. The Labute approximate surface area is 133 Å². The number of para-hydroxylation sites is 1. The number of anilines is 1. The molecule has 1 spiro atoms. The van der Waals surface area contributed by atoms with Gasteiger partial charge in [-0.2, -0.15) is 10.1 Å². The van der Waals surface area contributed by atoms with E-state index in [1.165, 1.54) is 5.01 Å². The molecular weight excluding hydrogens is 300 g/mol. The van der Waals surface area contributed by atoms with Crippen molar-refractivity contribution in [1.82, 2.24) is 0 Å². The molecule has 0 aromatic heterocycles. The molecule has 5 heteroatoms. The molecule has 2 aromatic carbocycles. The molecule has 0 aliphatic carbocycles. The maximum absolute atomic E-state index is 12.8. The number of hydrogen-bond acceptors (Lipinski definition) is 3. The van der Waals surface area contributed by atoms with E-state index in [0.717, 1.165) is 11.3 Å². The van der Waals surface area contributed by atoms with E-state index in [1.807, 2.05) is 49.4 Å². The fraction of sp³-hybridized carbons (Fsp3) is 0.176. The zero-order chi connectivity index (χ0) is 15.3. The molecular formula is C17H13ClN2O2. The van der Waals surface area contributed by atoms with Gasteiger partial charge in [-0.25, -0.2) is 0 Å². The Hall–Kier alpha value is -2.17. The number of amides is 1. The lowest BCUT2D eigenvalue weighted by Gasteiger charge is -2.12. The van der Waals surface area contributed by atoms with Crippen LogP contribution >= 0.6 is 11.6 Å².